The zero-order valence-electron chi connectivity index (χ0n) is 8.91. The Morgan fingerprint density at radius 3 is 3.38 bits per heavy atom. The molecule has 2 fully saturated rings. The normalized spacial score (nSPS) is 41.1. The summed E-state index contributed by atoms with van der Waals surface area (Å²) in [5, 5.41) is 12.3. The van der Waals surface area contributed by atoms with Crippen LogP contribution in [0.3, 0.4) is 0 Å². The van der Waals surface area contributed by atoms with E-state index >= 15 is 0 Å². The number of fused-ring (bicyclic) bond motifs is 3. The van der Waals surface area contributed by atoms with Gasteiger partial charge >= 0.3 is 0 Å². The van der Waals surface area contributed by atoms with Crippen LogP contribution in [-0.2, 0) is 4.74 Å². The molecule has 0 spiro atoms. The Balaban J connectivity index is 1.77. The van der Waals surface area contributed by atoms with Crippen LogP contribution in [0.4, 0.5) is 0 Å². The van der Waals surface area contributed by atoms with Gasteiger partial charge in [-0.1, -0.05) is 0 Å². The lowest BCUT2D eigenvalue weighted by Crippen LogP contribution is -2.64. The number of morpholine rings is 1. The van der Waals surface area contributed by atoms with Gasteiger partial charge < -0.3 is 9.64 Å². The average molecular weight is 218 g/mol. The van der Waals surface area contributed by atoms with Gasteiger partial charge in [0.15, 0.2) is 0 Å². The SMILES string of the molecule is N#CC1CNC2C(C1)OCC1C=NC=CN12. The minimum Gasteiger partial charge on any atom is -0.372 e. The summed E-state index contributed by atoms with van der Waals surface area (Å²) in [6.45, 7) is 1.41. The maximum absolute atomic E-state index is 8.92. The van der Waals surface area contributed by atoms with E-state index in [1.807, 2.05) is 12.4 Å². The molecule has 5 nitrogen and oxygen atoms in total. The number of nitriles is 1. The molecule has 84 valence electrons. The van der Waals surface area contributed by atoms with Crippen molar-refractivity contribution >= 4 is 6.21 Å². The van der Waals surface area contributed by atoms with Crippen LogP contribution in [0, 0.1) is 17.2 Å². The molecule has 3 aliphatic rings. The first-order valence-electron chi connectivity index (χ1n) is 5.60. The molecule has 3 heterocycles. The zero-order valence-corrected chi connectivity index (χ0v) is 8.91. The van der Waals surface area contributed by atoms with E-state index in [-0.39, 0.29) is 24.2 Å². The quantitative estimate of drug-likeness (QED) is 0.625. The number of hydrogen-bond donors (Lipinski definition) is 1. The summed E-state index contributed by atoms with van der Waals surface area (Å²) >= 11 is 0. The lowest BCUT2D eigenvalue weighted by atomic mass is 9.94. The van der Waals surface area contributed by atoms with E-state index in [0.29, 0.717) is 6.61 Å². The van der Waals surface area contributed by atoms with Crippen LogP contribution in [0.25, 0.3) is 0 Å². The Hall–Kier alpha value is -1.38. The van der Waals surface area contributed by atoms with E-state index in [4.69, 9.17) is 10.00 Å². The first kappa shape index (κ1) is 9.82. The number of hydrogen-bond acceptors (Lipinski definition) is 5. The van der Waals surface area contributed by atoms with E-state index < -0.39 is 0 Å². The van der Waals surface area contributed by atoms with Crippen LogP contribution in [0.5, 0.6) is 0 Å². The molecule has 0 aromatic heterocycles. The van der Waals surface area contributed by atoms with Crippen molar-refractivity contribution in [1.29, 1.82) is 5.26 Å². The number of nitrogens with zero attached hydrogens (tertiary/aromatic N) is 3. The Labute approximate surface area is 94.4 Å². The maximum atomic E-state index is 8.92. The Kier molecular flexibility index (Phi) is 2.39. The molecule has 16 heavy (non-hydrogen) atoms. The molecule has 3 rings (SSSR count). The minimum atomic E-state index is 0.0697. The highest BCUT2D eigenvalue weighted by Gasteiger charge is 2.40. The Morgan fingerprint density at radius 1 is 1.56 bits per heavy atom. The van der Waals surface area contributed by atoms with E-state index in [1.165, 1.54) is 0 Å². The van der Waals surface area contributed by atoms with Gasteiger partial charge in [0.05, 0.1) is 30.7 Å². The second-order valence-corrected chi connectivity index (χ2v) is 4.40. The van der Waals surface area contributed by atoms with Gasteiger partial charge in [0.25, 0.3) is 0 Å². The van der Waals surface area contributed by atoms with Crippen LogP contribution in [0.1, 0.15) is 6.42 Å². The monoisotopic (exact) mass is 218 g/mol. The van der Waals surface area contributed by atoms with Crippen LogP contribution < -0.4 is 5.32 Å². The average Bonchev–Trinajstić information content (AvgIpc) is 2.38. The van der Waals surface area contributed by atoms with Crippen molar-refractivity contribution in [3.63, 3.8) is 0 Å². The molecule has 4 atom stereocenters. The predicted octanol–water partition coefficient (Wildman–Crippen LogP) is 0.0706. The molecule has 0 bridgehead atoms. The second-order valence-electron chi connectivity index (χ2n) is 4.40. The van der Waals surface area contributed by atoms with Crippen molar-refractivity contribution in [3.8, 4) is 6.07 Å². The fourth-order valence-corrected chi connectivity index (χ4v) is 2.54. The van der Waals surface area contributed by atoms with Crippen LogP contribution in [0.15, 0.2) is 17.4 Å². The molecule has 0 aliphatic carbocycles. The predicted molar refractivity (Wildman–Crippen MR) is 58.5 cm³/mol. The van der Waals surface area contributed by atoms with Crippen LogP contribution in [-0.4, -0.2) is 42.6 Å². The van der Waals surface area contributed by atoms with Gasteiger partial charge in [-0.3, -0.25) is 10.3 Å². The third-order valence-corrected chi connectivity index (χ3v) is 3.39. The summed E-state index contributed by atoms with van der Waals surface area (Å²) < 4.78 is 5.80. The molecule has 0 aromatic carbocycles. The molecule has 1 N–H and O–H groups in total. The van der Waals surface area contributed by atoms with Gasteiger partial charge in [0.1, 0.15) is 6.17 Å². The molecule has 0 amide bonds. The zero-order chi connectivity index (χ0) is 11.0. The number of piperidine rings is 1. The highest BCUT2D eigenvalue weighted by molar-refractivity contribution is 5.67. The third-order valence-electron chi connectivity index (χ3n) is 3.39. The van der Waals surface area contributed by atoms with Crippen molar-refractivity contribution in [1.82, 2.24) is 10.2 Å². The van der Waals surface area contributed by atoms with Gasteiger partial charge in [-0.25, -0.2) is 0 Å². The van der Waals surface area contributed by atoms with Gasteiger partial charge in [-0.2, -0.15) is 5.26 Å². The summed E-state index contributed by atoms with van der Waals surface area (Å²) in [4.78, 5) is 6.37. The molecule has 4 unspecified atom stereocenters. The Morgan fingerprint density at radius 2 is 2.50 bits per heavy atom. The van der Waals surface area contributed by atoms with Crippen molar-refractivity contribution in [2.24, 2.45) is 10.9 Å². The van der Waals surface area contributed by atoms with Gasteiger partial charge in [-0.15, -0.1) is 0 Å². The smallest absolute Gasteiger partial charge is 0.107 e. The summed E-state index contributed by atoms with van der Waals surface area (Å²) in [6, 6.07) is 2.54. The number of nitrogens with one attached hydrogen (secondary N) is 1. The highest BCUT2D eigenvalue weighted by atomic mass is 16.5. The maximum Gasteiger partial charge on any atom is 0.107 e. The lowest BCUT2D eigenvalue weighted by molar-refractivity contribution is -0.0982. The van der Waals surface area contributed by atoms with Crippen LogP contribution in [0.2, 0.25) is 0 Å². The molecule has 0 radical (unpaired) electrons. The minimum absolute atomic E-state index is 0.0697. The first-order valence-corrected chi connectivity index (χ1v) is 5.60. The molecule has 0 aromatic rings. The number of ether oxygens (including phenoxy) is 1. The summed E-state index contributed by atoms with van der Waals surface area (Å²) in [7, 11) is 0. The van der Waals surface area contributed by atoms with Gasteiger partial charge in [0.2, 0.25) is 0 Å². The van der Waals surface area contributed by atoms with Gasteiger partial charge in [0, 0.05) is 25.2 Å². The number of aliphatic imine (C=N–C) groups is 1. The van der Waals surface area contributed by atoms with E-state index in [2.05, 4.69) is 21.3 Å². The number of rotatable bonds is 0. The van der Waals surface area contributed by atoms with Crippen molar-refractivity contribution < 1.29 is 4.74 Å². The molecular formula is C11H14N4O. The summed E-state index contributed by atoms with van der Waals surface area (Å²) in [6.07, 6.45) is 6.84. The van der Waals surface area contributed by atoms with Gasteiger partial charge in [-0.05, 0) is 6.42 Å². The van der Waals surface area contributed by atoms with Crippen LogP contribution >= 0.6 is 0 Å². The molecular weight excluding hydrogens is 204 g/mol. The highest BCUT2D eigenvalue weighted by Crippen LogP contribution is 2.26. The summed E-state index contributed by atoms with van der Waals surface area (Å²) in [5.41, 5.74) is 0. The molecule has 5 heteroatoms. The standard InChI is InChI=1S/C11H14N4O/c12-4-8-3-10-11(14-5-8)15-2-1-13-6-9(15)7-16-10/h1-2,6,8-11,14H,3,5,7H2. The van der Waals surface area contributed by atoms with Crippen molar-refractivity contribution in [2.75, 3.05) is 13.2 Å². The largest absolute Gasteiger partial charge is 0.372 e. The lowest BCUT2D eigenvalue weighted by Gasteiger charge is -2.48. The van der Waals surface area contributed by atoms with E-state index in [1.54, 1.807) is 6.20 Å². The van der Waals surface area contributed by atoms with E-state index in [9.17, 15) is 0 Å². The van der Waals surface area contributed by atoms with Crippen molar-refractivity contribution in [3.05, 3.63) is 12.4 Å². The first-order chi connectivity index (χ1) is 7.88. The molecule has 3 aliphatic heterocycles. The third kappa shape index (κ3) is 1.51. The fourth-order valence-electron chi connectivity index (χ4n) is 2.54. The Bertz CT molecular complexity index is 373. The van der Waals surface area contributed by atoms with Crippen molar-refractivity contribution in [2.45, 2.75) is 24.7 Å². The second kappa shape index (κ2) is 3.89. The fraction of sp³-hybridized carbons (Fsp3) is 0.636. The topological polar surface area (TPSA) is 60.6 Å². The molecule has 0 saturated carbocycles. The van der Waals surface area contributed by atoms with E-state index in [0.717, 1.165) is 13.0 Å². The molecule has 2 saturated heterocycles. The summed E-state index contributed by atoms with van der Waals surface area (Å²) in [5.74, 6) is 0.0697.